The van der Waals surface area contributed by atoms with Gasteiger partial charge in [0.05, 0.1) is 0 Å². The maximum atomic E-state index is 4.64. The van der Waals surface area contributed by atoms with E-state index in [1.54, 1.807) is 0 Å². The van der Waals surface area contributed by atoms with E-state index in [4.69, 9.17) is 0 Å². The number of pyridine rings is 2. The molecule has 4 aliphatic heterocycles. The Morgan fingerprint density at radius 2 is 0.676 bits per heavy atom. The van der Waals surface area contributed by atoms with E-state index in [9.17, 15) is 0 Å². The van der Waals surface area contributed by atoms with Crippen molar-refractivity contribution in [2.75, 3.05) is 47.8 Å². The van der Waals surface area contributed by atoms with Gasteiger partial charge in [0, 0.05) is 0 Å². The first kappa shape index (κ1) is 26.4. The van der Waals surface area contributed by atoms with Crippen molar-refractivity contribution in [3.8, 4) is 0 Å². The molecule has 11 heteroatoms. The van der Waals surface area contributed by atoms with Crippen molar-refractivity contribution in [2.24, 2.45) is 0 Å². The zero-order valence-electron chi connectivity index (χ0n) is 21.4. The molecule has 0 unspecified atom stereocenters. The van der Waals surface area contributed by atoms with Crippen LogP contribution in [0.2, 0.25) is 0 Å². The van der Waals surface area contributed by atoms with Crippen LogP contribution < -0.4 is 19.6 Å². The average Bonchev–Trinajstić information content (AvgIpc) is 3.69. The van der Waals surface area contributed by atoms with E-state index in [2.05, 4.69) is 9.97 Å². The molecule has 0 aliphatic carbocycles. The molecule has 10 nitrogen and oxygen atoms in total. The van der Waals surface area contributed by atoms with Gasteiger partial charge in [-0.15, -0.1) is 26.7 Å². The molecule has 0 saturated carbocycles. The summed E-state index contributed by atoms with van der Waals surface area (Å²) in [5.74, 6) is 3.63. The summed E-state index contributed by atoms with van der Waals surface area (Å²) >= 11 is 0. The second-order valence-corrected chi connectivity index (χ2v) is 8.65. The molecule has 0 spiro atoms. The first-order valence-corrected chi connectivity index (χ1v) is 11.5. The van der Waals surface area contributed by atoms with Crippen molar-refractivity contribution in [1.82, 2.24) is 29.6 Å². The third-order valence-corrected chi connectivity index (χ3v) is 5.57. The van der Waals surface area contributed by atoms with Crippen LogP contribution in [0.5, 0.6) is 0 Å². The van der Waals surface area contributed by atoms with Crippen molar-refractivity contribution < 1.29 is 21.7 Å². The Balaban J connectivity index is 0.000000168. The van der Waals surface area contributed by atoms with Crippen LogP contribution in [0, 0.1) is 26.7 Å². The molecule has 6 rings (SSSR count). The maximum absolute atomic E-state index is 4.64. The van der Waals surface area contributed by atoms with Crippen LogP contribution in [-0.4, -0.2) is 57.8 Å². The van der Waals surface area contributed by atoms with Crippen LogP contribution in [0.1, 0.15) is 0 Å². The first-order valence-electron chi connectivity index (χ1n) is 11.5. The van der Waals surface area contributed by atoms with Crippen LogP contribution in [0.3, 0.4) is 0 Å². The molecule has 188 valence electrons. The summed E-state index contributed by atoms with van der Waals surface area (Å²) in [6.45, 7) is 7.95. The molecular weight excluding hydrogens is 500 g/mol. The van der Waals surface area contributed by atoms with Gasteiger partial charge in [-0.3, -0.25) is 0 Å². The van der Waals surface area contributed by atoms with Gasteiger partial charge in [-0.05, 0) is 102 Å². The van der Waals surface area contributed by atoms with Crippen LogP contribution in [-0.2, 0) is 21.7 Å². The molecule has 37 heavy (non-hydrogen) atoms. The minimum absolute atomic E-state index is 0. The molecule has 4 aliphatic rings. The zero-order chi connectivity index (χ0) is 25.1. The topological polar surface area (TPSA) is 51.7 Å². The van der Waals surface area contributed by atoms with Gasteiger partial charge in [0.2, 0.25) is 0 Å². The first-order chi connectivity index (χ1) is 17.4. The number of rotatable bonds is 4. The summed E-state index contributed by atoms with van der Waals surface area (Å²) in [6, 6.07) is 12.0. The van der Waals surface area contributed by atoms with Crippen molar-refractivity contribution >= 4 is 23.3 Å². The Kier molecular flexibility index (Phi) is 8.30. The quantitative estimate of drug-likeness (QED) is 0.434. The van der Waals surface area contributed by atoms with Crippen molar-refractivity contribution in [2.45, 2.75) is 0 Å². The van der Waals surface area contributed by atoms with Crippen LogP contribution >= 0.6 is 0 Å². The molecule has 0 aromatic carbocycles. The summed E-state index contributed by atoms with van der Waals surface area (Å²) in [5, 5.41) is 0. The summed E-state index contributed by atoms with van der Waals surface area (Å²) in [4.78, 5) is 25.2. The molecular formula is C26H30N10Ti. The molecule has 0 atom stereocenters. The van der Waals surface area contributed by atoms with Crippen molar-refractivity contribution in [3.05, 3.63) is 113 Å². The smallest absolute Gasteiger partial charge is 0.510 e. The van der Waals surface area contributed by atoms with Gasteiger partial charge in [0.1, 0.15) is 23.3 Å². The molecule has 0 N–H and O–H groups in total. The monoisotopic (exact) mass is 530 g/mol. The van der Waals surface area contributed by atoms with E-state index in [0.717, 1.165) is 23.3 Å². The predicted octanol–water partition coefficient (Wildman–Crippen LogP) is 3.53. The third-order valence-electron chi connectivity index (χ3n) is 5.57. The normalized spacial score (nSPS) is 17.8. The number of hydrogen-bond acceptors (Lipinski definition) is 10. The second-order valence-electron chi connectivity index (χ2n) is 8.65. The molecule has 6 heterocycles. The number of hydrogen-bond donors (Lipinski definition) is 0. The number of aromatic nitrogens is 2. The molecule has 0 saturated heterocycles. The Morgan fingerprint density at radius 3 is 0.865 bits per heavy atom. The van der Waals surface area contributed by atoms with Crippen LogP contribution in [0.25, 0.3) is 0 Å². The third kappa shape index (κ3) is 6.39. The van der Waals surface area contributed by atoms with Gasteiger partial charge in [-0.2, -0.15) is 0 Å². The van der Waals surface area contributed by atoms with Gasteiger partial charge < -0.3 is 39.2 Å². The summed E-state index contributed by atoms with van der Waals surface area (Å²) < 4.78 is 0. The van der Waals surface area contributed by atoms with Gasteiger partial charge in [-0.25, -0.2) is 9.97 Å². The Labute approximate surface area is 234 Å². The van der Waals surface area contributed by atoms with Crippen LogP contribution in [0.4, 0.5) is 23.3 Å². The molecule has 0 fully saturated rings. The SMILES string of the molecule is CN1C=CN(c2cccc(N3C=CN(C)[CH-]3)n2)[CH-]1.CN1C=CN(c2cccc(N3C=CN(C)[CH-]3)n2)[CH-]1.[Ti+4]. The molecule has 2 aromatic heterocycles. The number of nitrogens with zero attached hydrogens (tertiary/aromatic N) is 10. The van der Waals surface area contributed by atoms with E-state index in [1.807, 2.05) is 180 Å². The van der Waals surface area contributed by atoms with E-state index >= 15 is 0 Å². The Bertz CT molecular complexity index is 1010. The predicted molar refractivity (Wildman–Crippen MR) is 143 cm³/mol. The van der Waals surface area contributed by atoms with Gasteiger partial charge in [0.25, 0.3) is 0 Å². The minimum atomic E-state index is 0. The Morgan fingerprint density at radius 1 is 0.432 bits per heavy atom. The van der Waals surface area contributed by atoms with E-state index < -0.39 is 0 Å². The minimum Gasteiger partial charge on any atom is -0.510 e. The van der Waals surface area contributed by atoms with E-state index in [0.29, 0.717) is 0 Å². The summed E-state index contributed by atoms with van der Waals surface area (Å²) in [6.07, 6.45) is 15.9. The van der Waals surface area contributed by atoms with Crippen molar-refractivity contribution in [3.63, 3.8) is 0 Å². The fourth-order valence-corrected chi connectivity index (χ4v) is 3.74. The molecule has 2 aromatic rings. The summed E-state index contributed by atoms with van der Waals surface area (Å²) in [5.41, 5.74) is 0. The maximum Gasteiger partial charge on any atom is 4.00 e. The standard InChI is InChI=1S/2C13H15N5.Ti/c2*1-15-6-8-17(10-15)12-4-3-5-13(14-12)18-9-7-16(2)11-18;/h2*3-11H,1-2H3;/q2*-2;+4. The largest absolute Gasteiger partial charge is 4.00 e. The Hall–Kier alpha value is -3.63. The average molecular weight is 530 g/mol. The van der Waals surface area contributed by atoms with Crippen LogP contribution in [0.15, 0.2) is 86.0 Å². The number of anilines is 4. The van der Waals surface area contributed by atoms with E-state index in [-0.39, 0.29) is 21.7 Å². The molecule has 0 radical (unpaired) electrons. The fraction of sp³-hybridized carbons (Fsp3) is 0.154. The zero-order valence-corrected chi connectivity index (χ0v) is 22.9. The van der Waals surface area contributed by atoms with Gasteiger partial charge in [-0.1, -0.05) is 12.1 Å². The van der Waals surface area contributed by atoms with Gasteiger partial charge >= 0.3 is 21.7 Å². The van der Waals surface area contributed by atoms with E-state index in [1.165, 1.54) is 0 Å². The second kappa shape index (κ2) is 11.6. The molecule has 0 bridgehead atoms. The fourth-order valence-electron chi connectivity index (χ4n) is 3.74. The van der Waals surface area contributed by atoms with Gasteiger partial charge in [0.15, 0.2) is 0 Å². The van der Waals surface area contributed by atoms with Crippen molar-refractivity contribution in [1.29, 1.82) is 0 Å². The summed E-state index contributed by atoms with van der Waals surface area (Å²) in [7, 11) is 7.97. The molecule has 0 amide bonds.